The van der Waals surface area contributed by atoms with Gasteiger partial charge in [0.1, 0.15) is 11.3 Å². The fourth-order valence-electron chi connectivity index (χ4n) is 2.55. The van der Waals surface area contributed by atoms with Gasteiger partial charge in [-0.05, 0) is 25.2 Å². The second-order valence-electron chi connectivity index (χ2n) is 5.19. The highest BCUT2D eigenvalue weighted by molar-refractivity contribution is 6.39. The van der Waals surface area contributed by atoms with Crippen LogP contribution in [0.25, 0.3) is 0 Å². The fraction of sp³-hybridized carbons (Fsp3) is 0.500. The summed E-state index contributed by atoms with van der Waals surface area (Å²) in [6.45, 7) is 1.89. The highest BCUT2D eigenvalue weighted by Crippen LogP contribution is 2.33. The standard InChI is InChI=1S/C14H17ClN4O2/c1-20-13(18-12-3-2-10(15)9-17-12)11-8-14(21-19-11)4-6-16-7-5-14/h2-3,9,16H,4-8H2,1H3. The van der Waals surface area contributed by atoms with Gasteiger partial charge in [0.05, 0.1) is 12.1 Å². The van der Waals surface area contributed by atoms with Crippen molar-refractivity contribution in [2.45, 2.75) is 24.9 Å². The van der Waals surface area contributed by atoms with Gasteiger partial charge in [0, 0.05) is 25.5 Å². The number of ether oxygens (including phenoxy) is 1. The summed E-state index contributed by atoms with van der Waals surface area (Å²) in [5, 5.41) is 8.07. The van der Waals surface area contributed by atoms with E-state index in [-0.39, 0.29) is 5.60 Å². The smallest absolute Gasteiger partial charge is 0.240 e. The molecule has 2 aliphatic rings. The Morgan fingerprint density at radius 3 is 2.90 bits per heavy atom. The van der Waals surface area contributed by atoms with Gasteiger partial charge in [-0.25, -0.2) is 4.98 Å². The predicted molar refractivity (Wildman–Crippen MR) is 81.3 cm³/mol. The van der Waals surface area contributed by atoms with Crippen molar-refractivity contribution in [1.82, 2.24) is 10.3 Å². The summed E-state index contributed by atoms with van der Waals surface area (Å²) in [6.07, 6.45) is 4.15. The molecule has 3 rings (SSSR count). The van der Waals surface area contributed by atoms with Crippen molar-refractivity contribution in [3.63, 3.8) is 0 Å². The van der Waals surface area contributed by atoms with Gasteiger partial charge in [-0.1, -0.05) is 16.8 Å². The molecule has 6 nitrogen and oxygen atoms in total. The van der Waals surface area contributed by atoms with Crippen LogP contribution in [-0.4, -0.2) is 42.4 Å². The average Bonchev–Trinajstić information content (AvgIpc) is 2.91. The quantitative estimate of drug-likeness (QED) is 0.672. The Morgan fingerprint density at radius 2 is 2.24 bits per heavy atom. The Kier molecular flexibility index (Phi) is 4.07. The van der Waals surface area contributed by atoms with Crippen molar-refractivity contribution in [2.75, 3.05) is 20.2 Å². The predicted octanol–water partition coefficient (Wildman–Crippen LogP) is 2.31. The molecule has 21 heavy (non-hydrogen) atoms. The molecule has 1 spiro atoms. The van der Waals surface area contributed by atoms with Crippen LogP contribution in [0.4, 0.5) is 5.82 Å². The van der Waals surface area contributed by atoms with E-state index in [1.165, 1.54) is 0 Å². The first kappa shape index (κ1) is 14.3. The number of oxime groups is 1. The molecule has 1 aromatic heterocycles. The van der Waals surface area contributed by atoms with Gasteiger partial charge in [-0.15, -0.1) is 0 Å². The normalized spacial score (nSPS) is 21.0. The first-order valence-corrected chi connectivity index (χ1v) is 7.29. The van der Waals surface area contributed by atoms with Gasteiger partial charge in [0.15, 0.2) is 5.82 Å². The lowest BCUT2D eigenvalue weighted by molar-refractivity contribution is -0.0400. The summed E-state index contributed by atoms with van der Waals surface area (Å²) in [5.41, 5.74) is 0.531. The van der Waals surface area contributed by atoms with Crippen LogP contribution in [0.2, 0.25) is 5.02 Å². The van der Waals surface area contributed by atoms with Gasteiger partial charge < -0.3 is 14.9 Å². The monoisotopic (exact) mass is 308 g/mol. The van der Waals surface area contributed by atoms with Crippen molar-refractivity contribution < 1.29 is 9.57 Å². The van der Waals surface area contributed by atoms with Gasteiger partial charge in [0.2, 0.25) is 5.90 Å². The summed E-state index contributed by atoms with van der Waals surface area (Å²) in [5.74, 6) is 0.977. The Hall–Kier alpha value is -1.66. The van der Waals surface area contributed by atoms with Crippen LogP contribution in [-0.2, 0) is 9.57 Å². The van der Waals surface area contributed by atoms with Crippen LogP contribution in [0.15, 0.2) is 28.5 Å². The zero-order valence-corrected chi connectivity index (χ0v) is 12.6. The van der Waals surface area contributed by atoms with E-state index in [0.717, 1.165) is 38.1 Å². The topological polar surface area (TPSA) is 68.1 Å². The molecular formula is C14H17ClN4O2. The molecule has 0 radical (unpaired) electrons. The molecule has 0 amide bonds. The van der Waals surface area contributed by atoms with E-state index in [1.54, 1.807) is 25.4 Å². The van der Waals surface area contributed by atoms with Crippen LogP contribution in [0.5, 0.6) is 0 Å². The van der Waals surface area contributed by atoms with E-state index in [9.17, 15) is 0 Å². The first-order valence-electron chi connectivity index (χ1n) is 6.91. The van der Waals surface area contributed by atoms with Gasteiger partial charge >= 0.3 is 0 Å². The number of nitrogens with zero attached hydrogens (tertiary/aromatic N) is 3. The number of aromatic nitrogens is 1. The van der Waals surface area contributed by atoms with E-state index in [0.29, 0.717) is 16.7 Å². The summed E-state index contributed by atoms with van der Waals surface area (Å²) in [7, 11) is 1.57. The SMILES string of the molecule is COC(=Nc1ccc(Cl)cn1)C1=NOC2(CCNCC2)C1. The zero-order valence-electron chi connectivity index (χ0n) is 11.8. The zero-order chi connectivity index (χ0) is 14.7. The van der Waals surface area contributed by atoms with Crippen molar-refractivity contribution in [2.24, 2.45) is 10.1 Å². The van der Waals surface area contributed by atoms with E-state index >= 15 is 0 Å². The lowest BCUT2D eigenvalue weighted by Gasteiger charge is -2.30. The molecule has 0 saturated carbocycles. The number of hydrogen-bond acceptors (Lipinski definition) is 6. The van der Waals surface area contributed by atoms with E-state index in [1.807, 2.05) is 0 Å². The third-order valence-electron chi connectivity index (χ3n) is 3.72. The van der Waals surface area contributed by atoms with Crippen molar-refractivity contribution in [1.29, 1.82) is 0 Å². The van der Waals surface area contributed by atoms with Crippen LogP contribution in [0.3, 0.4) is 0 Å². The second kappa shape index (κ2) is 5.99. The fourth-order valence-corrected chi connectivity index (χ4v) is 2.66. The maximum Gasteiger partial charge on any atom is 0.240 e. The Balaban J connectivity index is 1.76. The van der Waals surface area contributed by atoms with Gasteiger partial charge in [-0.2, -0.15) is 4.99 Å². The number of aliphatic imine (C=N–C) groups is 1. The molecule has 1 fully saturated rings. The molecule has 2 aliphatic heterocycles. The Bertz CT molecular complexity index is 565. The van der Waals surface area contributed by atoms with Crippen LogP contribution < -0.4 is 5.32 Å². The van der Waals surface area contributed by atoms with E-state index < -0.39 is 0 Å². The molecule has 7 heteroatoms. The molecule has 1 N–H and O–H groups in total. The Morgan fingerprint density at radius 1 is 1.43 bits per heavy atom. The molecule has 112 valence electrons. The van der Waals surface area contributed by atoms with Crippen LogP contribution in [0, 0.1) is 0 Å². The number of methoxy groups -OCH3 is 1. The molecule has 1 aromatic rings. The number of rotatable bonds is 2. The summed E-state index contributed by atoms with van der Waals surface area (Å²) >= 11 is 5.81. The highest BCUT2D eigenvalue weighted by Gasteiger charge is 2.41. The third kappa shape index (κ3) is 3.16. The summed E-state index contributed by atoms with van der Waals surface area (Å²) in [4.78, 5) is 14.2. The largest absolute Gasteiger partial charge is 0.480 e. The number of halogens is 1. The molecule has 0 atom stereocenters. The first-order chi connectivity index (χ1) is 10.2. The minimum Gasteiger partial charge on any atom is -0.480 e. The molecule has 0 aliphatic carbocycles. The third-order valence-corrected chi connectivity index (χ3v) is 3.95. The van der Waals surface area contributed by atoms with Crippen molar-refractivity contribution in [3.05, 3.63) is 23.4 Å². The minimum absolute atomic E-state index is 0.201. The van der Waals surface area contributed by atoms with Crippen LogP contribution >= 0.6 is 11.6 Å². The molecule has 1 saturated heterocycles. The lowest BCUT2D eigenvalue weighted by atomic mass is 9.88. The molecule has 3 heterocycles. The van der Waals surface area contributed by atoms with Crippen molar-refractivity contribution >= 4 is 29.0 Å². The van der Waals surface area contributed by atoms with E-state index in [2.05, 4.69) is 20.4 Å². The molecule has 0 unspecified atom stereocenters. The molecule has 0 bridgehead atoms. The summed E-state index contributed by atoms with van der Waals surface area (Å²) < 4.78 is 5.35. The number of hydrogen-bond donors (Lipinski definition) is 1. The number of pyridine rings is 1. The van der Waals surface area contributed by atoms with E-state index in [4.69, 9.17) is 21.2 Å². The second-order valence-corrected chi connectivity index (χ2v) is 5.63. The number of piperidine rings is 1. The van der Waals surface area contributed by atoms with Crippen LogP contribution in [0.1, 0.15) is 19.3 Å². The average molecular weight is 309 g/mol. The van der Waals surface area contributed by atoms with Crippen molar-refractivity contribution in [3.8, 4) is 0 Å². The molecule has 0 aromatic carbocycles. The number of nitrogens with one attached hydrogen (secondary N) is 1. The lowest BCUT2D eigenvalue weighted by Crippen LogP contribution is -2.42. The summed E-state index contributed by atoms with van der Waals surface area (Å²) in [6, 6.07) is 3.47. The maximum absolute atomic E-state index is 5.81. The maximum atomic E-state index is 5.81. The molecular weight excluding hydrogens is 292 g/mol. The Labute approximate surface area is 128 Å². The van der Waals surface area contributed by atoms with Gasteiger partial charge in [-0.3, -0.25) is 0 Å². The highest BCUT2D eigenvalue weighted by atomic mass is 35.5. The minimum atomic E-state index is -0.201. The van der Waals surface area contributed by atoms with Gasteiger partial charge in [0.25, 0.3) is 0 Å².